The monoisotopic (exact) mass is 512 g/mol. The molecule has 2 amide bonds. The Kier molecular flexibility index (Phi) is 6.15. The first-order valence-corrected chi connectivity index (χ1v) is 13.0. The normalized spacial score (nSPS) is 28.7. The van der Waals surface area contributed by atoms with Crippen LogP contribution in [0, 0.1) is 11.7 Å². The molecular formula is C26H33FN6O4. The van der Waals surface area contributed by atoms with Crippen molar-refractivity contribution in [3.8, 4) is 17.1 Å². The van der Waals surface area contributed by atoms with Gasteiger partial charge in [-0.1, -0.05) is 0 Å². The van der Waals surface area contributed by atoms with Crippen LogP contribution < -0.4 is 10.1 Å². The first-order chi connectivity index (χ1) is 17.9. The number of fused-ring (bicyclic) bond motifs is 2. The van der Waals surface area contributed by atoms with Gasteiger partial charge in [0.05, 0.1) is 32.2 Å². The Morgan fingerprint density at radius 2 is 2.00 bits per heavy atom. The van der Waals surface area contributed by atoms with Gasteiger partial charge in [-0.15, -0.1) is 0 Å². The fourth-order valence-corrected chi connectivity index (χ4v) is 6.33. The molecule has 4 aliphatic rings. The van der Waals surface area contributed by atoms with Gasteiger partial charge in [-0.25, -0.2) is 9.37 Å². The van der Waals surface area contributed by atoms with E-state index in [1.165, 1.54) is 13.2 Å². The summed E-state index contributed by atoms with van der Waals surface area (Å²) in [7, 11) is 3.60. The van der Waals surface area contributed by atoms with Crippen molar-refractivity contribution in [3.05, 3.63) is 29.8 Å². The van der Waals surface area contributed by atoms with Crippen LogP contribution in [0.25, 0.3) is 11.3 Å². The summed E-state index contributed by atoms with van der Waals surface area (Å²) in [6, 6.07) is 3.91. The number of morpholine rings is 1. The van der Waals surface area contributed by atoms with E-state index in [1.807, 2.05) is 4.90 Å². The Hall–Kier alpha value is -3.05. The molecule has 1 saturated carbocycles. The number of H-pyrrole nitrogens is 1. The molecule has 1 unspecified atom stereocenters. The zero-order valence-electron chi connectivity index (χ0n) is 21.2. The van der Waals surface area contributed by atoms with Gasteiger partial charge in [0.1, 0.15) is 0 Å². The van der Waals surface area contributed by atoms with E-state index in [-0.39, 0.29) is 46.5 Å². The third kappa shape index (κ3) is 4.48. The lowest BCUT2D eigenvalue weighted by molar-refractivity contribution is -0.130. The number of piperidine rings is 2. The molecule has 10 nitrogen and oxygen atoms in total. The summed E-state index contributed by atoms with van der Waals surface area (Å²) in [5.74, 6) is -0.447. The highest BCUT2D eigenvalue weighted by molar-refractivity contribution is 5.94. The van der Waals surface area contributed by atoms with Gasteiger partial charge >= 0.3 is 0 Å². The number of rotatable bonds is 5. The summed E-state index contributed by atoms with van der Waals surface area (Å²) >= 11 is 0. The summed E-state index contributed by atoms with van der Waals surface area (Å²) in [6.45, 7) is 1.95. The van der Waals surface area contributed by atoms with Crippen LogP contribution in [0.2, 0.25) is 0 Å². The molecule has 1 aliphatic carbocycles. The third-order valence-electron chi connectivity index (χ3n) is 8.70. The van der Waals surface area contributed by atoms with Crippen LogP contribution in [0.5, 0.6) is 5.88 Å². The van der Waals surface area contributed by atoms with E-state index in [0.717, 1.165) is 45.1 Å². The minimum Gasteiger partial charge on any atom is -0.481 e. The second-order valence-corrected chi connectivity index (χ2v) is 10.9. The number of ether oxygens (including phenoxy) is 2. The van der Waals surface area contributed by atoms with Gasteiger partial charge in [-0.3, -0.25) is 19.6 Å². The molecule has 5 heterocycles. The average molecular weight is 513 g/mol. The number of hydrogen-bond acceptors (Lipinski definition) is 7. The van der Waals surface area contributed by atoms with E-state index in [9.17, 15) is 14.0 Å². The molecule has 0 radical (unpaired) electrons. The van der Waals surface area contributed by atoms with Gasteiger partial charge in [-0.05, 0) is 51.6 Å². The van der Waals surface area contributed by atoms with Crippen molar-refractivity contribution >= 4 is 11.8 Å². The highest BCUT2D eigenvalue weighted by atomic mass is 19.1. The van der Waals surface area contributed by atoms with Crippen LogP contribution in [-0.2, 0) is 9.53 Å². The Bertz CT molecular complexity index is 1190. The smallest absolute Gasteiger partial charge is 0.274 e. The molecule has 2 aromatic heterocycles. The van der Waals surface area contributed by atoms with Gasteiger partial charge in [-0.2, -0.15) is 5.10 Å². The van der Waals surface area contributed by atoms with E-state index < -0.39 is 5.82 Å². The van der Waals surface area contributed by atoms with Gasteiger partial charge in [0.25, 0.3) is 5.91 Å². The lowest BCUT2D eigenvalue weighted by Crippen LogP contribution is -2.60. The standard InChI is InChI=1S/C26H33FN6O4/c1-32-17-7-16(8-18(32)14-37-13-17)29-24(34)15-3-6-33(26(11-15)4-5-26)25(35)22-10-21(30-31-22)19-9-23(36-2)28-12-20(19)27/h9-10,12,15-18H,3-8,11,13-14H2,1-2H3,(H,29,34)(H,30,31)/t15-,16?,17-,18+/m0/s1. The zero-order chi connectivity index (χ0) is 25.7. The number of carbonyl (C=O) groups excluding carboxylic acids is 2. The lowest BCUT2D eigenvalue weighted by Gasteiger charge is -2.47. The molecule has 2 N–H and O–H groups in total. The summed E-state index contributed by atoms with van der Waals surface area (Å²) in [6.07, 6.45) is 5.95. The number of likely N-dealkylation sites (tertiary alicyclic amines) is 1. The lowest BCUT2D eigenvalue weighted by atomic mass is 9.86. The molecule has 1 spiro atoms. The number of hydrogen-bond donors (Lipinski definition) is 2. The van der Waals surface area contributed by atoms with Gasteiger partial charge in [0.2, 0.25) is 11.8 Å². The number of methoxy groups -OCH3 is 1. The van der Waals surface area contributed by atoms with E-state index in [0.29, 0.717) is 37.2 Å². The van der Waals surface area contributed by atoms with Gasteiger partial charge in [0, 0.05) is 47.8 Å². The Balaban J connectivity index is 1.10. The zero-order valence-corrected chi connectivity index (χ0v) is 21.2. The Labute approximate surface area is 214 Å². The van der Waals surface area contributed by atoms with Crippen molar-refractivity contribution in [1.82, 2.24) is 30.3 Å². The Morgan fingerprint density at radius 3 is 2.70 bits per heavy atom. The van der Waals surface area contributed by atoms with Crippen LogP contribution in [0.4, 0.5) is 4.39 Å². The topological polar surface area (TPSA) is 113 Å². The second-order valence-electron chi connectivity index (χ2n) is 10.9. The molecule has 11 heteroatoms. The summed E-state index contributed by atoms with van der Waals surface area (Å²) < 4.78 is 25.1. The molecule has 37 heavy (non-hydrogen) atoms. The van der Waals surface area contributed by atoms with Gasteiger partial charge in [0.15, 0.2) is 11.5 Å². The first-order valence-electron chi connectivity index (χ1n) is 13.0. The van der Waals surface area contributed by atoms with Crippen LogP contribution in [0.3, 0.4) is 0 Å². The van der Waals surface area contributed by atoms with E-state index in [1.54, 1.807) is 6.07 Å². The fraction of sp³-hybridized carbons (Fsp3) is 0.615. The van der Waals surface area contributed by atoms with Crippen molar-refractivity contribution in [2.24, 2.45) is 5.92 Å². The molecule has 2 aromatic rings. The van der Waals surface area contributed by atoms with E-state index >= 15 is 0 Å². The summed E-state index contributed by atoms with van der Waals surface area (Å²) in [5.41, 5.74) is 0.562. The minimum atomic E-state index is -0.533. The maximum atomic E-state index is 14.4. The summed E-state index contributed by atoms with van der Waals surface area (Å²) in [5, 5.41) is 10.3. The number of carbonyl (C=O) groups is 2. The second kappa shape index (κ2) is 9.36. The molecule has 4 atom stereocenters. The number of likely N-dealkylation sites (N-methyl/N-ethyl adjacent to an activating group) is 1. The van der Waals surface area contributed by atoms with Crippen molar-refractivity contribution in [2.45, 2.75) is 62.2 Å². The fourth-order valence-electron chi connectivity index (χ4n) is 6.33. The average Bonchev–Trinajstić information content (AvgIpc) is 3.45. The molecular weight excluding hydrogens is 479 g/mol. The number of nitrogens with one attached hydrogen (secondary N) is 2. The molecule has 4 fully saturated rings. The first kappa shape index (κ1) is 24.3. The predicted octanol–water partition coefficient (Wildman–Crippen LogP) is 1.98. The predicted molar refractivity (Wildman–Crippen MR) is 131 cm³/mol. The van der Waals surface area contributed by atoms with Crippen LogP contribution in [0.1, 0.15) is 49.0 Å². The number of aromatic nitrogens is 3. The number of amides is 2. The number of nitrogens with zero attached hydrogens (tertiary/aromatic N) is 4. The summed E-state index contributed by atoms with van der Waals surface area (Å²) in [4.78, 5) is 34.8. The quantitative estimate of drug-likeness (QED) is 0.630. The minimum absolute atomic E-state index is 0.101. The maximum Gasteiger partial charge on any atom is 0.274 e. The molecule has 6 rings (SSSR count). The largest absolute Gasteiger partial charge is 0.481 e. The number of halogens is 1. The molecule has 3 saturated heterocycles. The van der Waals surface area contributed by atoms with Crippen molar-refractivity contribution in [3.63, 3.8) is 0 Å². The molecule has 3 aliphatic heterocycles. The van der Waals surface area contributed by atoms with Crippen molar-refractivity contribution in [1.29, 1.82) is 0 Å². The van der Waals surface area contributed by atoms with Crippen LogP contribution in [-0.4, -0.2) is 94.4 Å². The number of aromatic amines is 1. The van der Waals surface area contributed by atoms with Crippen molar-refractivity contribution in [2.75, 3.05) is 33.9 Å². The molecule has 0 aromatic carbocycles. The van der Waals surface area contributed by atoms with Crippen molar-refractivity contribution < 1.29 is 23.5 Å². The molecule has 2 bridgehead atoms. The number of pyridine rings is 1. The van der Waals surface area contributed by atoms with Crippen LogP contribution >= 0.6 is 0 Å². The highest BCUT2D eigenvalue weighted by Gasteiger charge is 2.55. The maximum absolute atomic E-state index is 14.4. The molecule has 198 valence electrons. The third-order valence-corrected chi connectivity index (χ3v) is 8.70. The highest BCUT2D eigenvalue weighted by Crippen LogP contribution is 2.50. The van der Waals surface area contributed by atoms with Gasteiger partial charge < -0.3 is 19.7 Å². The Morgan fingerprint density at radius 1 is 1.24 bits per heavy atom. The van der Waals surface area contributed by atoms with Crippen LogP contribution in [0.15, 0.2) is 18.3 Å². The van der Waals surface area contributed by atoms with E-state index in [4.69, 9.17) is 9.47 Å². The van der Waals surface area contributed by atoms with E-state index in [2.05, 4.69) is 32.4 Å². The SMILES string of the molecule is COc1cc(-c2cc(C(=O)N3CC[C@H](C(=O)NC4C[C@H]5COC[C@@H](C4)N5C)CC34CC4)n[nH]2)c(F)cn1.